The summed E-state index contributed by atoms with van der Waals surface area (Å²) < 4.78 is 7.48. The van der Waals surface area contributed by atoms with Crippen molar-refractivity contribution >= 4 is 29.9 Å². The van der Waals surface area contributed by atoms with Gasteiger partial charge in [-0.2, -0.15) is 5.10 Å². The minimum atomic E-state index is 0. The van der Waals surface area contributed by atoms with Gasteiger partial charge in [-0.15, -0.1) is 24.0 Å². The first-order chi connectivity index (χ1) is 13.0. The van der Waals surface area contributed by atoms with Gasteiger partial charge < -0.3 is 15.0 Å². The lowest BCUT2D eigenvalue weighted by molar-refractivity contribution is 0.357. The van der Waals surface area contributed by atoms with E-state index in [2.05, 4.69) is 65.6 Å². The van der Waals surface area contributed by atoms with E-state index in [-0.39, 0.29) is 24.0 Å². The SMILES string of the molecule is CN=C(NCCc1ccc2c(c1)CCO2)N(C)Cc1cn(C)nc1C(C)C.I. The van der Waals surface area contributed by atoms with Crippen molar-refractivity contribution in [3.05, 3.63) is 46.8 Å². The highest BCUT2D eigenvalue weighted by atomic mass is 127. The Bertz CT molecular complexity index is 815. The smallest absolute Gasteiger partial charge is 0.193 e. The first kappa shape index (κ1) is 22.5. The van der Waals surface area contributed by atoms with E-state index in [1.54, 1.807) is 0 Å². The Hall–Kier alpha value is -1.77. The Labute approximate surface area is 185 Å². The highest BCUT2D eigenvalue weighted by Crippen LogP contribution is 2.25. The van der Waals surface area contributed by atoms with Crippen LogP contribution in [0.4, 0.5) is 0 Å². The average Bonchev–Trinajstić information content (AvgIpc) is 3.24. The zero-order valence-corrected chi connectivity index (χ0v) is 19.9. The van der Waals surface area contributed by atoms with Crippen molar-refractivity contribution in [1.82, 2.24) is 20.0 Å². The van der Waals surface area contributed by atoms with Crippen LogP contribution in [0, 0.1) is 0 Å². The largest absolute Gasteiger partial charge is 0.493 e. The average molecular weight is 497 g/mol. The van der Waals surface area contributed by atoms with Crippen molar-refractivity contribution in [3.63, 3.8) is 0 Å². The maximum Gasteiger partial charge on any atom is 0.193 e. The molecular weight excluding hydrogens is 465 g/mol. The van der Waals surface area contributed by atoms with Gasteiger partial charge in [0.05, 0.1) is 12.3 Å². The monoisotopic (exact) mass is 497 g/mol. The fourth-order valence-corrected chi connectivity index (χ4v) is 3.59. The summed E-state index contributed by atoms with van der Waals surface area (Å²) in [6.07, 6.45) is 4.08. The Morgan fingerprint density at radius 2 is 2.18 bits per heavy atom. The number of aryl methyl sites for hydroxylation is 1. The molecule has 0 spiro atoms. The van der Waals surface area contributed by atoms with Gasteiger partial charge in [0.2, 0.25) is 0 Å². The van der Waals surface area contributed by atoms with Crippen LogP contribution in [0.5, 0.6) is 5.75 Å². The second kappa shape index (κ2) is 10.1. The van der Waals surface area contributed by atoms with Gasteiger partial charge >= 0.3 is 0 Å². The molecule has 1 aromatic carbocycles. The van der Waals surface area contributed by atoms with Crippen molar-refractivity contribution < 1.29 is 4.74 Å². The Kier molecular flexibility index (Phi) is 8.15. The summed E-state index contributed by atoms with van der Waals surface area (Å²) >= 11 is 0. The maximum atomic E-state index is 5.58. The van der Waals surface area contributed by atoms with E-state index in [1.165, 1.54) is 16.7 Å². The fourth-order valence-electron chi connectivity index (χ4n) is 3.59. The second-order valence-electron chi connectivity index (χ2n) is 7.49. The molecule has 1 aliphatic rings. The summed E-state index contributed by atoms with van der Waals surface area (Å²) in [5.41, 5.74) is 5.06. The molecule has 0 fully saturated rings. The number of nitrogens with zero attached hydrogens (tertiary/aromatic N) is 4. The number of aromatic nitrogens is 2. The molecule has 0 atom stereocenters. The standard InChI is InChI=1S/C21H31N5O.HI/c1-15(2)20-18(14-26(5)24-20)13-25(4)21(22-3)23-10-8-16-6-7-19-17(12-16)9-11-27-19;/h6-7,12,14-15H,8-11,13H2,1-5H3,(H,22,23);1H. The van der Waals surface area contributed by atoms with Crippen molar-refractivity contribution in [2.24, 2.45) is 12.0 Å². The number of fused-ring (bicyclic) bond motifs is 1. The molecule has 1 aliphatic heterocycles. The lowest BCUT2D eigenvalue weighted by atomic mass is 10.1. The Balaban J connectivity index is 0.00000280. The highest BCUT2D eigenvalue weighted by molar-refractivity contribution is 14.0. The van der Waals surface area contributed by atoms with Gasteiger partial charge in [0.15, 0.2) is 5.96 Å². The van der Waals surface area contributed by atoms with E-state index in [4.69, 9.17) is 4.74 Å². The number of benzene rings is 1. The van der Waals surface area contributed by atoms with Crippen LogP contribution in [0.15, 0.2) is 29.4 Å². The van der Waals surface area contributed by atoms with Crippen LogP contribution < -0.4 is 10.1 Å². The zero-order valence-electron chi connectivity index (χ0n) is 17.5. The number of guanidine groups is 1. The molecule has 3 rings (SSSR count). The second-order valence-corrected chi connectivity index (χ2v) is 7.49. The molecule has 0 radical (unpaired) electrons. The third kappa shape index (κ3) is 5.40. The molecule has 0 unspecified atom stereocenters. The molecule has 2 heterocycles. The molecule has 0 amide bonds. The molecule has 6 nitrogen and oxygen atoms in total. The van der Waals surface area contributed by atoms with E-state index in [0.717, 1.165) is 49.9 Å². The Morgan fingerprint density at radius 3 is 2.89 bits per heavy atom. The lowest BCUT2D eigenvalue weighted by Gasteiger charge is -2.22. The van der Waals surface area contributed by atoms with Gasteiger partial charge in [0, 0.05) is 52.4 Å². The van der Waals surface area contributed by atoms with Gasteiger partial charge in [0.1, 0.15) is 5.75 Å². The zero-order chi connectivity index (χ0) is 19.4. The van der Waals surface area contributed by atoms with Gasteiger partial charge in [-0.1, -0.05) is 26.0 Å². The molecule has 0 saturated carbocycles. The molecule has 154 valence electrons. The van der Waals surface area contributed by atoms with Crippen LogP contribution in [0.1, 0.15) is 42.1 Å². The number of nitrogens with one attached hydrogen (secondary N) is 1. The number of hydrogen-bond acceptors (Lipinski definition) is 3. The van der Waals surface area contributed by atoms with Crippen LogP contribution in [-0.2, 0) is 26.4 Å². The summed E-state index contributed by atoms with van der Waals surface area (Å²) in [7, 11) is 5.88. The Morgan fingerprint density at radius 1 is 1.39 bits per heavy atom. The fraction of sp³-hybridized carbons (Fsp3) is 0.524. The number of rotatable bonds is 6. The maximum absolute atomic E-state index is 5.58. The summed E-state index contributed by atoms with van der Waals surface area (Å²) in [4.78, 5) is 6.59. The first-order valence-electron chi connectivity index (χ1n) is 9.66. The lowest BCUT2D eigenvalue weighted by Crippen LogP contribution is -2.39. The molecule has 7 heteroatoms. The van der Waals surface area contributed by atoms with Crippen molar-refractivity contribution in [1.29, 1.82) is 0 Å². The number of ether oxygens (including phenoxy) is 1. The van der Waals surface area contributed by atoms with E-state index in [0.29, 0.717) is 5.92 Å². The molecule has 2 aromatic rings. The van der Waals surface area contributed by atoms with E-state index in [1.807, 2.05) is 18.8 Å². The molecule has 1 N–H and O–H groups in total. The first-order valence-corrected chi connectivity index (χ1v) is 9.66. The highest BCUT2D eigenvalue weighted by Gasteiger charge is 2.15. The van der Waals surface area contributed by atoms with Crippen LogP contribution in [0.3, 0.4) is 0 Å². The predicted octanol–water partition coefficient (Wildman–Crippen LogP) is 3.35. The minimum absolute atomic E-state index is 0. The normalized spacial score (nSPS) is 13.1. The third-order valence-electron chi connectivity index (χ3n) is 4.92. The van der Waals surface area contributed by atoms with Gasteiger partial charge in [-0.05, 0) is 29.5 Å². The van der Waals surface area contributed by atoms with Crippen molar-refractivity contribution in [2.75, 3.05) is 27.2 Å². The summed E-state index contributed by atoms with van der Waals surface area (Å²) in [6, 6.07) is 6.51. The molecular formula is C21H32IN5O. The molecule has 28 heavy (non-hydrogen) atoms. The van der Waals surface area contributed by atoms with Gasteiger partial charge in [-0.3, -0.25) is 9.67 Å². The predicted molar refractivity (Wildman–Crippen MR) is 125 cm³/mol. The summed E-state index contributed by atoms with van der Waals surface area (Å²) in [6.45, 7) is 6.81. The topological polar surface area (TPSA) is 54.7 Å². The molecule has 0 aliphatic carbocycles. The number of hydrogen-bond donors (Lipinski definition) is 1. The van der Waals surface area contributed by atoms with Gasteiger partial charge in [0.25, 0.3) is 0 Å². The van der Waals surface area contributed by atoms with E-state index < -0.39 is 0 Å². The van der Waals surface area contributed by atoms with E-state index in [9.17, 15) is 0 Å². The van der Waals surface area contributed by atoms with Crippen LogP contribution in [-0.4, -0.2) is 47.9 Å². The molecule has 0 saturated heterocycles. The molecule has 1 aromatic heterocycles. The molecule has 0 bridgehead atoms. The van der Waals surface area contributed by atoms with Crippen molar-refractivity contribution in [3.8, 4) is 5.75 Å². The van der Waals surface area contributed by atoms with Crippen molar-refractivity contribution in [2.45, 2.75) is 39.2 Å². The van der Waals surface area contributed by atoms with Crippen LogP contribution >= 0.6 is 24.0 Å². The minimum Gasteiger partial charge on any atom is -0.493 e. The third-order valence-corrected chi connectivity index (χ3v) is 4.92. The summed E-state index contributed by atoms with van der Waals surface area (Å²) in [5.74, 6) is 2.35. The number of aliphatic imine (C=N–C) groups is 1. The quantitative estimate of drug-likeness (QED) is 0.378. The van der Waals surface area contributed by atoms with E-state index >= 15 is 0 Å². The van der Waals surface area contributed by atoms with Gasteiger partial charge in [-0.25, -0.2) is 0 Å². The van der Waals surface area contributed by atoms with Crippen LogP contribution in [0.25, 0.3) is 0 Å². The summed E-state index contributed by atoms with van der Waals surface area (Å²) in [5, 5.41) is 8.08. The number of halogens is 1. The van der Waals surface area contributed by atoms with Crippen LogP contribution in [0.2, 0.25) is 0 Å².